The number of thiazole rings is 1. The van der Waals surface area contributed by atoms with Crippen molar-refractivity contribution in [2.24, 2.45) is 5.92 Å². The summed E-state index contributed by atoms with van der Waals surface area (Å²) in [5.74, 6) is 0.177. The van der Waals surface area contributed by atoms with Gasteiger partial charge in [0.05, 0.1) is 5.92 Å². The van der Waals surface area contributed by atoms with Gasteiger partial charge in [-0.05, 0) is 24.9 Å². The minimum Gasteiger partial charge on any atom is -0.342 e. The zero-order valence-corrected chi connectivity index (χ0v) is 13.8. The standard InChI is InChI=1S/C16H19N3OS.ClH/c20-15(13-7-4-8-17-11-13)19-14(16-18-9-10-21-16)12-5-2-1-3-6-12;/h1-3,5-6,9-10,13-14,17H,4,7-8,11H2,(H,19,20);1H. The fourth-order valence-electron chi connectivity index (χ4n) is 2.65. The van der Waals surface area contributed by atoms with Crippen LogP contribution in [0.2, 0.25) is 0 Å². The summed E-state index contributed by atoms with van der Waals surface area (Å²) in [5.41, 5.74) is 1.07. The van der Waals surface area contributed by atoms with Crippen molar-refractivity contribution in [1.29, 1.82) is 0 Å². The highest BCUT2D eigenvalue weighted by Crippen LogP contribution is 2.24. The lowest BCUT2D eigenvalue weighted by molar-refractivity contribution is -0.126. The summed E-state index contributed by atoms with van der Waals surface area (Å²) in [5, 5.41) is 9.34. The predicted molar refractivity (Wildman–Crippen MR) is 91.4 cm³/mol. The molecule has 1 aromatic heterocycles. The number of rotatable bonds is 4. The monoisotopic (exact) mass is 337 g/mol. The number of piperidine rings is 1. The molecule has 0 spiro atoms. The molecule has 0 bridgehead atoms. The maximum atomic E-state index is 12.5. The normalized spacial score (nSPS) is 19.0. The van der Waals surface area contributed by atoms with E-state index in [4.69, 9.17) is 0 Å². The predicted octanol–water partition coefficient (Wildman–Crippen LogP) is 2.77. The van der Waals surface area contributed by atoms with Crippen molar-refractivity contribution in [3.63, 3.8) is 0 Å². The van der Waals surface area contributed by atoms with Gasteiger partial charge >= 0.3 is 0 Å². The number of nitrogens with one attached hydrogen (secondary N) is 2. The van der Waals surface area contributed by atoms with Gasteiger partial charge in [0.1, 0.15) is 11.0 Å². The summed E-state index contributed by atoms with van der Waals surface area (Å²) in [6.45, 7) is 1.78. The van der Waals surface area contributed by atoms with Gasteiger partial charge < -0.3 is 10.6 Å². The molecule has 6 heteroatoms. The van der Waals surface area contributed by atoms with Crippen molar-refractivity contribution in [2.45, 2.75) is 18.9 Å². The minimum absolute atomic E-state index is 0. The molecule has 2 heterocycles. The Bertz CT molecular complexity index is 570. The molecule has 1 saturated heterocycles. The van der Waals surface area contributed by atoms with Crippen LogP contribution in [0.3, 0.4) is 0 Å². The van der Waals surface area contributed by atoms with Crippen LogP contribution < -0.4 is 10.6 Å². The van der Waals surface area contributed by atoms with Crippen molar-refractivity contribution in [3.8, 4) is 0 Å². The summed E-state index contributed by atoms with van der Waals surface area (Å²) in [7, 11) is 0. The van der Waals surface area contributed by atoms with E-state index in [1.54, 1.807) is 17.5 Å². The van der Waals surface area contributed by atoms with Crippen LogP contribution in [0.1, 0.15) is 29.5 Å². The number of carbonyl (C=O) groups is 1. The molecule has 0 radical (unpaired) electrons. The van der Waals surface area contributed by atoms with E-state index in [-0.39, 0.29) is 30.3 Å². The second kappa shape index (κ2) is 8.27. The maximum absolute atomic E-state index is 12.5. The molecule has 1 amide bonds. The van der Waals surface area contributed by atoms with Gasteiger partial charge in [-0.2, -0.15) is 0 Å². The first kappa shape index (κ1) is 16.9. The van der Waals surface area contributed by atoms with E-state index >= 15 is 0 Å². The Hall–Kier alpha value is -1.43. The highest BCUT2D eigenvalue weighted by molar-refractivity contribution is 7.09. The molecule has 1 aromatic carbocycles. The smallest absolute Gasteiger partial charge is 0.225 e. The van der Waals surface area contributed by atoms with E-state index in [2.05, 4.69) is 15.6 Å². The summed E-state index contributed by atoms with van der Waals surface area (Å²) >= 11 is 1.57. The van der Waals surface area contributed by atoms with Crippen LogP contribution in [0.4, 0.5) is 0 Å². The Balaban J connectivity index is 0.00000176. The zero-order valence-electron chi connectivity index (χ0n) is 12.2. The number of hydrogen-bond donors (Lipinski definition) is 2. The van der Waals surface area contributed by atoms with E-state index in [9.17, 15) is 4.79 Å². The number of nitrogens with zero attached hydrogens (tertiary/aromatic N) is 1. The molecule has 22 heavy (non-hydrogen) atoms. The number of carbonyl (C=O) groups excluding carboxylic acids is 1. The average molecular weight is 338 g/mol. The van der Waals surface area contributed by atoms with Crippen LogP contribution >= 0.6 is 23.7 Å². The molecular formula is C16H20ClN3OS. The topological polar surface area (TPSA) is 54.0 Å². The second-order valence-electron chi connectivity index (χ2n) is 5.27. The lowest BCUT2D eigenvalue weighted by Crippen LogP contribution is -2.42. The lowest BCUT2D eigenvalue weighted by Gasteiger charge is -2.25. The second-order valence-corrected chi connectivity index (χ2v) is 6.19. The summed E-state index contributed by atoms with van der Waals surface area (Å²) in [6, 6.07) is 9.88. The number of halogens is 1. The van der Waals surface area contributed by atoms with Crippen LogP contribution in [-0.2, 0) is 4.79 Å². The van der Waals surface area contributed by atoms with Gasteiger partial charge in [-0.1, -0.05) is 30.3 Å². The Morgan fingerprint density at radius 3 is 2.82 bits per heavy atom. The largest absolute Gasteiger partial charge is 0.342 e. The Morgan fingerprint density at radius 1 is 1.36 bits per heavy atom. The van der Waals surface area contributed by atoms with Gasteiger partial charge in [0, 0.05) is 18.1 Å². The van der Waals surface area contributed by atoms with Gasteiger partial charge in [-0.25, -0.2) is 4.98 Å². The lowest BCUT2D eigenvalue weighted by atomic mass is 9.97. The molecule has 2 N–H and O–H groups in total. The molecular weight excluding hydrogens is 318 g/mol. The first-order valence-corrected chi connectivity index (χ1v) is 8.18. The highest BCUT2D eigenvalue weighted by atomic mass is 35.5. The van der Waals surface area contributed by atoms with Crippen LogP contribution in [0.5, 0.6) is 0 Å². The van der Waals surface area contributed by atoms with Gasteiger partial charge in [-0.3, -0.25) is 4.79 Å². The molecule has 1 aliphatic heterocycles. The molecule has 3 rings (SSSR count). The Labute approximate surface area is 140 Å². The average Bonchev–Trinajstić information content (AvgIpc) is 3.08. The van der Waals surface area contributed by atoms with E-state index in [0.717, 1.165) is 36.5 Å². The van der Waals surface area contributed by atoms with E-state index < -0.39 is 0 Å². The first-order chi connectivity index (χ1) is 10.3. The van der Waals surface area contributed by atoms with Crippen LogP contribution in [0, 0.1) is 5.92 Å². The van der Waals surface area contributed by atoms with Crippen molar-refractivity contribution in [2.75, 3.05) is 13.1 Å². The fraction of sp³-hybridized carbons (Fsp3) is 0.375. The number of benzene rings is 1. The third-order valence-corrected chi connectivity index (χ3v) is 4.63. The van der Waals surface area contributed by atoms with Gasteiger partial charge in [0.15, 0.2) is 0 Å². The van der Waals surface area contributed by atoms with Gasteiger partial charge in [0.2, 0.25) is 5.91 Å². The van der Waals surface area contributed by atoms with Crippen LogP contribution in [-0.4, -0.2) is 24.0 Å². The van der Waals surface area contributed by atoms with Crippen LogP contribution in [0.15, 0.2) is 41.9 Å². The van der Waals surface area contributed by atoms with Crippen LogP contribution in [0.25, 0.3) is 0 Å². The Morgan fingerprint density at radius 2 is 2.18 bits per heavy atom. The van der Waals surface area contributed by atoms with E-state index in [1.807, 2.05) is 35.7 Å². The van der Waals surface area contributed by atoms with Crippen molar-refractivity contribution in [1.82, 2.24) is 15.6 Å². The molecule has 2 unspecified atom stereocenters. The molecule has 1 aliphatic rings. The van der Waals surface area contributed by atoms with Crippen molar-refractivity contribution < 1.29 is 4.79 Å². The minimum atomic E-state index is -0.152. The van der Waals surface area contributed by atoms with E-state index in [0.29, 0.717) is 0 Å². The molecule has 0 saturated carbocycles. The molecule has 4 nitrogen and oxygen atoms in total. The fourth-order valence-corrected chi connectivity index (χ4v) is 3.36. The van der Waals surface area contributed by atoms with E-state index in [1.165, 1.54) is 0 Å². The molecule has 1 fully saturated rings. The number of hydrogen-bond acceptors (Lipinski definition) is 4. The summed E-state index contributed by atoms with van der Waals surface area (Å²) in [6.07, 6.45) is 3.80. The highest BCUT2D eigenvalue weighted by Gasteiger charge is 2.25. The Kier molecular flexibility index (Phi) is 6.36. The SMILES string of the molecule is Cl.O=C(NC(c1ccccc1)c1nccs1)C1CCCNC1. The molecule has 2 atom stereocenters. The zero-order chi connectivity index (χ0) is 14.5. The molecule has 0 aliphatic carbocycles. The summed E-state index contributed by atoms with van der Waals surface area (Å²) < 4.78 is 0. The van der Waals surface area contributed by atoms with Crippen molar-refractivity contribution >= 4 is 29.7 Å². The van der Waals surface area contributed by atoms with Gasteiger partial charge in [0.25, 0.3) is 0 Å². The first-order valence-electron chi connectivity index (χ1n) is 7.30. The molecule has 118 valence electrons. The quantitative estimate of drug-likeness (QED) is 0.902. The maximum Gasteiger partial charge on any atom is 0.225 e. The number of amides is 1. The van der Waals surface area contributed by atoms with Crippen molar-refractivity contribution in [3.05, 3.63) is 52.5 Å². The summed E-state index contributed by atoms with van der Waals surface area (Å²) in [4.78, 5) is 16.9. The third-order valence-electron chi connectivity index (χ3n) is 3.79. The molecule has 2 aromatic rings. The number of aromatic nitrogens is 1. The van der Waals surface area contributed by atoms with Gasteiger partial charge in [-0.15, -0.1) is 23.7 Å². The third kappa shape index (κ3) is 4.06.